The van der Waals surface area contributed by atoms with Crippen molar-refractivity contribution in [2.75, 3.05) is 39.3 Å². The van der Waals surface area contributed by atoms with Crippen molar-refractivity contribution < 1.29 is 13.2 Å². The van der Waals surface area contributed by atoms with Crippen molar-refractivity contribution >= 4 is 38.9 Å². The van der Waals surface area contributed by atoms with Gasteiger partial charge in [-0.2, -0.15) is 4.31 Å². The van der Waals surface area contributed by atoms with Gasteiger partial charge in [0.25, 0.3) is 10.0 Å². The van der Waals surface area contributed by atoms with Gasteiger partial charge in [-0.25, -0.2) is 8.42 Å². The fraction of sp³-hybridized carbons (Fsp3) is 0.722. The molecule has 2 saturated heterocycles. The lowest BCUT2D eigenvalue weighted by atomic mass is 9.92. The maximum Gasteiger partial charge on any atom is 0.252 e. The smallest absolute Gasteiger partial charge is 0.252 e. The highest BCUT2D eigenvalue weighted by Gasteiger charge is 2.45. The molecular weight excluding hydrogens is 406 g/mol. The molecule has 0 N–H and O–H groups in total. The molecule has 0 saturated carbocycles. The van der Waals surface area contributed by atoms with Crippen LogP contribution in [0.4, 0.5) is 0 Å². The van der Waals surface area contributed by atoms with Crippen molar-refractivity contribution in [2.45, 2.75) is 43.4 Å². The van der Waals surface area contributed by atoms with E-state index in [1.54, 1.807) is 16.4 Å². The minimum absolute atomic E-state index is 0.0114. The number of amides is 1. The molecule has 2 aliphatic rings. The quantitative estimate of drug-likeness (QED) is 0.716. The van der Waals surface area contributed by atoms with Gasteiger partial charge >= 0.3 is 0 Å². The van der Waals surface area contributed by atoms with E-state index in [0.717, 1.165) is 37.3 Å². The Bertz CT molecular complexity index is 788. The molecule has 2 aliphatic heterocycles. The van der Waals surface area contributed by atoms with Gasteiger partial charge in [-0.05, 0) is 25.0 Å². The summed E-state index contributed by atoms with van der Waals surface area (Å²) < 4.78 is 27.9. The van der Waals surface area contributed by atoms with Crippen LogP contribution in [0, 0.1) is 5.92 Å². The number of carbonyl (C=O) groups is 1. The van der Waals surface area contributed by atoms with Gasteiger partial charge in [0.05, 0.1) is 4.34 Å². The monoisotopic (exact) mass is 433 g/mol. The van der Waals surface area contributed by atoms with E-state index in [-0.39, 0.29) is 17.4 Å². The van der Waals surface area contributed by atoms with Gasteiger partial charge in [-0.1, -0.05) is 32.4 Å². The third kappa shape index (κ3) is 4.05. The van der Waals surface area contributed by atoms with Gasteiger partial charge < -0.3 is 4.90 Å². The molecule has 0 radical (unpaired) electrons. The maximum absolute atomic E-state index is 12.8. The molecule has 0 aliphatic carbocycles. The SMILES string of the molecule is CCC1(N2CCN(S(=O)(=O)c3ccc(Cl)s3)CC2)CCN(C(=O)C(C)C)C1. The summed E-state index contributed by atoms with van der Waals surface area (Å²) in [7, 11) is -3.47. The molecule has 3 rings (SSSR count). The highest BCUT2D eigenvalue weighted by molar-refractivity contribution is 7.91. The molecule has 27 heavy (non-hydrogen) atoms. The van der Waals surface area contributed by atoms with Crippen molar-refractivity contribution in [3.8, 4) is 0 Å². The van der Waals surface area contributed by atoms with Gasteiger partial charge in [0.15, 0.2) is 0 Å². The Hall–Kier alpha value is -0.670. The first kappa shape index (κ1) is 21.0. The van der Waals surface area contributed by atoms with E-state index in [9.17, 15) is 13.2 Å². The molecule has 6 nitrogen and oxygen atoms in total. The molecule has 2 fully saturated rings. The predicted molar refractivity (Wildman–Crippen MR) is 109 cm³/mol. The Kier molecular flexibility index (Phi) is 6.23. The van der Waals surface area contributed by atoms with Crippen LogP contribution in [0.25, 0.3) is 0 Å². The van der Waals surface area contributed by atoms with E-state index in [4.69, 9.17) is 11.6 Å². The minimum Gasteiger partial charge on any atom is -0.341 e. The highest BCUT2D eigenvalue weighted by Crippen LogP contribution is 2.34. The Balaban J connectivity index is 1.67. The fourth-order valence-electron chi connectivity index (χ4n) is 4.15. The first-order chi connectivity index (χ1) is 12.7. The second-order valence-corrected chi connectivity index (χ2v) is 11.6. The highest BCUT2D eigenvalue weighted by atomic mass is 35.5. The lowest BCUT2D eigenvalue weighted by molar-refractivity contribution is -0.134. The molecule has 1 atom stereocenters. The number of halogens is 1. The van der Waals surface area contributed by atoms with Gasteiger partial charge in [-0.15, -0.1) is 11.3 Å². The summed E-state index contributed by atoms with van der Waals surface area (Å²) >= 11 is 7.01. The van der Waals surface area contributed by atoms with Gasteiger partial charge in [0.1, 0.15) is 4.21 Å². The first-order valence-corrected chi connectivity index (χ1v) is 12.1. The zero-order valence-corrected chi connectivity index (χ0v) is 18.5. The number of hydrogen-bond acceptors (Lipinski definition) is 5. The summed E-state index contributed by atoms with van der Waals surface area (Å²) in [5.41, 5.74) is -0.0351. The van der Waals surface area contributed by atoms with Gasteiger partial charge in [-0.3, -0.25) is 9.69 Å². The molecule has 1 amide bonds. The van der Waals surface area contributed by atoms with Crippen LogP contribution < -0.4 is 0 Å². The summed E-state index contributed by atoms with van der Waals surface area (Å²) in [5.74, 6) is 0.221. The third-order valence-electron chi connectivity index (χ3n) is 5.85. The molecule has 152 valence electrons. The topological polar surface area (TPSA) is 60.9 Å². The number of sulfonamides is 1. The summed E-state index contributed by atoms with van der Waals surface area (Å²) in [6, 6.07) is 3.20. The molecule has 0 aromatic carbocycles. The maximum atomic E-state index is 12.8. The van der Waals surface area contributed by atoms with Crippen molar-refractivity contribution in [2.24, 2.45) is 5.92 Å². The lowest BCUT2D eigenvalue weighted by Gasteiger charge is -2.45. The minimum atomic E-state index is -3.47. The first-order valence-electron chi connectivity index (χ1n) is 9.49. The zero-order valence-electron chi connectivity index (χ0n) is 16.1. The molecule has 1 aromatic heterocycles. The number of likely N-dealkylation sites (tertiary alicyclic amines) is 1. The number of thiophene rings is 1. The van der Waals surface area contributed by atoms with Crippen LogP contribution in [0.2, 0.25) is 4.34 Å². The summed E-state index contributed by atoms with van der Waals surface area (Å²) in [6.45, 7) is 9.90. The van der Waals surface area contributed by atoms with Crippen LogP contribution in [0.3, 0.4) is 0 Å². The second kappa shape index (κ2) is 7.99. The fourth-order valence-corrected chi connectivity index (χ4v) is 7.21. The van der Waals surface area contributed by atoms with Crippen molar-refractivity contribution in [1.82, 2.24) is 14.1 Å². The van der Waals surface area contributed by atoms with Gasteiger partial charge in [0, 0.05) is 50.7 Å². The van der Waals surface area contributed by atoms with Crippen LogP contribution in [-0.2, 0) is 14.8 Å². The Morgan fingerprint density at radius 1 is 1.22 bits per heavy atom. The van der Waals surface area contributed by atoms with E-state index in [1.165, 1.54) is 0 Å². The summed E-state index contributed by atoms with van der Waals surface area (Å²) in [6.07, 6.45) is 1.91. The summed E-state index contributed by atoms with van der Waals surface area (Å²) in [4.78, 5) is 16.8. The molecule has 1 aromatic rings. The van der Waals surface area contributed by atoms with Crippen LogP contribution in [0.5, 0.6) is 0 Å². The van der Waals surface area contributed by atoms with Crippen molar-refractivity contribution in [1.29, 1.82) is 0 Å². The standard InChI is InChI=1S/C18H28ClN3O3S2/c1-4-18(7-8-20(13-18)17(23)14(2)3)21-9-11-22(12-10-21)27(24,25)16-6-5-15(19)26-16/h5-6,14H,4,7-13H2,1-3H3. The Labute approximate surface area is 171 Å². The van der Waals surface area contributed by atoms with E-state index in [1.807, 2.05) is 18.7 Å². The Morgan fingerprint density at radius 2 is 1.89 bits per heavy atom. The molecular formula is C18H28ClN3O3S2. The number of nitrogens with zero attached hydrogens (tertiary/aromatic N) is 3. The largest absolute Gasteiger partial charge is 0.341 e. The normalized spacial score (nSPS) is 25.4. The average Bonchev–Trinajstić information content (AvgIpc) is 3.28. The molecule has 9 heteroatoms. The molecule has 0 spiro atoms. The van der Waals surface area contributed by atoms with E-state index < -0.39 is 10.0 Å². The van der Waals surface area contributed by atoms with Crippen LogP contribution in [0.15, 0.2) is 16.3 Å². The number of piperazine rings is 1. The third-order valence-corrected chi connectivity index (χ3v) is 9.45. The van der Waals surface area contributed by atoms with Gasteiger partial charge in [0.2, 0.25) is 5.91 Å². The zero-order chi connectivity index (χ0) is 19.8. The molecule has 3 heterocycles. The molecule has 1 unspecified atom stereocenters. The predicted octanol–water partition coefficient (Wildman–Crippen LogP) is 2.74. The van der Waals surface area contributed by atoms with Crippen LogP contribution in [-0.4, -0.2) is 73.2 Å². The van der Waals surface area contributed by atoms with Crippen LogP contribution in [0.1, 0.15) is 33.6 Å². The average molecular weight is 434 g/mol. The Morgan fingerprint density at radius 3 is 2.41 bits per heavy atom. The number of hydrogen-bond donors (Lipinski definition) is 0. The van der Waals surface area contributed by atoms with E-state index in [2.05, 4.69) is 11.8 Å². The second-order valence-electron chi connectivity index (χ2n) is 7.69. The van der Waals surface area contributed by atoms with E-state index >= 15 is 0 Å². The van der Waals surface area contributed by atoms with Crippen molar-refractivity contribution in [3.05, 3.63) is 16.5 Å². The molecule has 0 bridgehead atoms. The van der Waals surface area contributed by atoms with Crippen molar-refractivity contribution in [3.63, 3.8) is 0 Å². The number of carbonyl (C=O) groups excluding carboxylic acids is 1. The number of rotatable bonds is 5. The van der Waals surface area contributed by atoms with E-state index in [0.29, 0.717) is 34.7 Å². The lowest BCUT2D eigenvalue weighted by Crippen LogP contribution is -2.59. The van der Waals surface area contributed by atoms with Crippen LogP contribution >= 0.6 is 22.9 Å². The summed E-state index contributed by atoms with van der Waals surface area (Å²) in [5, 5.41) is 0.